The molecule has 0 unspecified atom stereocenters. The fourth-order valence-electron chi connectivity index (χ4n) is 2.20. The number of aliphatic imine (C=N–C) groups is 1. The van der Waals surface area contributed by atoms with E-state index in [-0.39, 0.29) is 29.8 Å². The Hall–Kier alpha value is -1.68. The number of hydrogen-bond donors (Lipinski definition) is 2. The molecule has 0 aliphatic heterocycles. The normalized spacial score (nSPS) is 11.1. The summed E-state index contributed by atoms with van der Waals surface area (Å²) in [5.74, 6) is 0.965. The molecule has 0 saturated heterocycles. The Balaban J connectivity index is 0.00000338. The Labute approximate surface area is 170 Å². The average Bonchev–Trinajstić information content (AvgIpc) is 3.09. The Kier molecular flexibility index (Phi) is 10.9. The number of guanidine groups is 1. The molecule has 6 nitrogen and oxygen atoms in total. The van der Waals surface area contributed by atoms with E-state index in [1.165, 1.54) is 12.1 Å². The van der Waals surface area contributed by atoms with Crippen LogP contribution in [0.1, 0.15) is 19.0 Å². The van der Waals surface area contributed by atoms with E-state index in [1.807, 2.05) is 6.92 Å². The van der Waals surface area contributed by atoms with Crippen LogP contribution in [0.15, 0.2) is 39.9 Å². The highest BCUT2D eigenvalue weighted by Crippen LogP contribution is 2.18. The summed E-state index contributed by atoms with van der Waals surface area (Å²) in [5, 5.41) is 6.46. The second kappa shape index (κ2) is 12.6. The van der Waals surface area contributed by atoms with Crippen molar-refractivity contribution in [3.05, 3.63) is 42.0 Å². The van der Waals surface area contributed by atoms with E-state index in [2.05, 4.69) is 20.6 Å². The van der Waals surface area contributed by atoms with Crippen molar-refractivity contribution < 1.29 is 13.5 Å². The number of hydrogen-bond acceptors (Lipinski definition) is 4. The van der Waals surface area contributed by atoms with Gasteiger partial charge >= 0.3 is 0 Å². The number of rotatable bonds is 9. The van der Waals surface area contributed by atoms with Crippen LogP contribution in [-0.4, -0.2) is 44.3 Å². The smallest absolute Gasteiger partial charge is 0.226 e. The van der Waals surface area contributed by atoms with Crippen molar-refractivity contribution in [2.75, 3.05) is 33.4 Å². The molecule has 1 aromatic carbocycles. The van der Waals surface area contributed by atoms with Gasteiger partial charge in [0, 0.05) is 45.3 Å². The largest absolute Gasteiger partial charge is 0.444 e. The molecule has 0 fully saturated rings. The van der Waals surface area contributed by atoms with E-state index in [0.717, 1.165) is 43.4 Å². The van der Waals surface area contributed by atoms with Crippen molar-refractivity contribution in [3.8, 4) is 11.5 Å². The van der Waals surface area contributed by atoms with Crippen molar-refractivity contribution in [3.63, 3.8) is 0 Å². The van der Waals surface area contributed by atoms with E-state index in [0.29, 0.717) is 18.9 Å². The molecule has 1 aromatic heterocycles. The lowest BCUT2D eigenvalue weighted by atomic mass is 10.2. The second-order valence-corrected chi connectivity index (χ2v) is 5.38. The zero-order chi connectivity index (χ0) is 17.9. The Morgan fingerprint density at radius 3 is 2.65 bits per heavy atom. The summed E-state index contributed by atoms with van der Waals surface area (Å²) in [4.78, 5) is 8.60. The molecule has 0 aliphatic carbocycles. The zero-order valence-corrected chi connectivity index (χ0v) is 17.5. The van der Waals surface area contributed by atoms with Crippen LogP contribution in [0.25, 0.3) is 11.5 Å². The first-order valence-corrected chi connectivity index (χ1v) is 8.45. The maximum atomic E-state index is 12.9. The lowest BCUT2D eigenvalue weighted by molar-refractivity contribution is 0.145. The molecule has 2 N–H and O–H groups in total. The number of halogens is 2. The predicted octanol–water partition coefficient (Wildman–Crippen LogP) is 3.23. The molecule has 26 heavy (non-hydrogen) atoms. The molecule has 2 aromatic rings. The first-order chi connectivity index (χ1) is 12.2. The van der Waals surface area contributed by atoms with Crippen LogP contribution in [0.3, 0.4) is 0 Å². The van der Waals surface area contributed by atoms with Gasteiger partial charge in [-0.15, -0.1) is 24.0 Å². The zero-order valence-electron chi connectivity index (χ0n) is 15.1. The number of aromatic nitrogens is 1. The molecule has 0 bridgehead atoms. The third kappa shape index (κ3) is 7.69. The van der Waals surface area contributed by atoms with Gasteiger partial charge in [0.1, 0.15) is 12.1 Å². The van der Waals surface area contributed by atoms with Gasteiger partial charge in [-0.1, -0.05) is 0 Å². The number of nitrogens with one attached hydrogen (secondary N) is 2. The molecule has 0 saturated carbocycles. The van der Waals surface area contributed by atoms with Crippen LogP contribution in [0.4, 0.5) is 4.39 Å². The molecule has 1 heterocycles. The topological polar surface area (TPSA) is 71.7 Å². The molecule has 144 valence electrons. The van der Waals surface area contributed by atoms with Crippen LogP contribution in [0.2, 0.25) is 0 Å². The van der Waals surface area contributed by atoms with Gasteiger partial charge in [-0.3, -0.25) is 4.99 Å². The molecular weight excluding hydrogens is 450 g/mol. The maximum absolute atomic E-state index is 12.9. The first kappa shape index (κ1) is 22.4. The molecule has 0 amide bonds. The van der Waals surface area contributed by atoms with Gasteiger partial charge in [-0.25, -0.2) is 9.37 Å². The van der Waals surface area contributed by atoms with Crippen molar-refractivity contribution in [1.82, 2.24) is 15.6 Å². The quantitative estimate of drug-likeness (QED) is 0.252. The van der Waals surface area contributed by atoms with Gasteiger partial charge in [-0.2, -0.15) is 0 Å². The third-order valence-electron chi connectivity index (χ3n) is 3.50. The number of oxazole rings is 1. The average molecular weight is 476 g/mol. The van der Waals surface area contributed by atoms with E-state index >= 15 is 0 Å². The summed E-state index contributed by atoms with van der Waals surface area (Å²) in [7, 11) is 1.74. The molecule has 0 aliphatic rings. The molecule has 8 heteroatoms. The number of benzene rings is 1. The second-order valence-electron chi connectivity index (χ2n) is 5.38. The highest BCUT2D eigenvalue weighted by molar-refractivity contribution is 14.0. The van der Waals surface area contributed by atoms with E-state index in [9.17, 15) is 4.39 Å². The van der Waals surface area contributed by atoms with Crippen molar-refractivity contribution in [1.29, 1.82) is 0 Å². The van der Waals surface area contributed by atoms with E-state index in [1.54, 1.807) is 25.4 Å². The van der Waals surface area contributed by atoms with E-state index < -0.39 is 0 Å². The van der Waals surface area contributed by atoms with Crippen LogP contribution in [0.5, 0.6) is 0 Å². The van der Waals surface area contributed by atoms with Crippen molar-refractivity contribution >= 4 is 29.9 Å². The summed E-state index contributed by atoms with van der Waals surface area (Å²) < 4.78 is 23.7. The maximum Gasteiger partial charge on any atom is 0.226 e. The number of nitrogens with zero attached hydrogens (tertiary/aromatic N) is 2. The summed E-state index contributed by atoms with van der Waals surface area (Å²) >= 11 is 0. The fourth-order valence-corrected chi connectivity index (χ4v) is 2.20. The summed E-state index contributed by atoms with van der Waals surface area (Å²) in [6.45, 7) is 4.95. The van der Waals surface area contributed by atoms with E-state index in [4.69, 9.17) is 9.15 Å². The van der Waals surface area contributed by atoms with Crippen molar-refractivity contribution in [2.24, 2.45) is 4.99 Å². The van der Waals surface area contributed by atoms with Crippen LogP contribution in [0, 0.1) is 5.82 Å². The molecule has 0 spiro atoms. The van der Waals surface area contributed by atoms with Gasteiger partial charge in [-0.05, 0) is 37.6 Å². The molecule has 0 atom stereocenters. The minimum absolute atomic E-state index is 0. The monoisotopic (exact) mass is 476 g/mol. The SMILES string of the molecule is CCOCCCNC(=NC)NCCc1coc(-c2ccc(F)cc2)n1.I. The summed E-state index contributed by atoms with van der Waals surface area (Å²) in [6, 6.07) is 6.08. The molecular formula is C18H26FIN4O2. The van der Waals surface area contributed by atoms with Gasteiger partial charge in [0.2, 0.25) is 5.89 Å². The summed E-state index contributed by atoms with van der Waals surface area (Å²) in [6.07, 6.45) is 3.25. The van der Waals surface area contributed by atoms with Crippen LogP contribution in [-0.2, 0) is 11.2 Å². The van der Waals surface area contributed by atoms with Gasteiger partial charge in [0.25, 0.3) is 0 Å². The van der Waals surface area contributed by atoms with Gasteiger partial charge < -0.3 is 19.8 Å². The van der Waals surface area contributed by atoms with Crippen LogP contribution < -0.4 is 10.6 Å². The predicted molar refractivity (Wildman–Crippen MR) is 111 cm³/mol. The number of ether oxygens (including phenoxy) is 1. The minimum Gasteiger partial charge on any atom is -0.444 e. The molecule has 0 radical (unpaired) electrons. The van der Waals surface area contributed by atoms with Gasteiger partial charge in [0.05, 0.1) is 5.69 Å². The first-order valence-electron chi connectivity index (χ1n) is 8.45. The lowest BCUT2D eigenvalue weighted by Gasteiger charge is -2.11. The lowest BCUT2D eigenvalue weighted by Crippen LogP contribution is -2.39. The fraction of sp³-hybridized carbons (Fsp3) is 0.444. The Morgan fingerprint density at radius 1 is 1.23 bits per heavy atom. The standard InChI is InChI=1S/C18H25FN4O2.HI/c1-3-24-12-4-10-21-18(20-2)22-11-9-16-13-25-17(23-16)14-5-7-15(19)8-6-14;/h5-8,13H,3-4,9-12H2,1-2H3,(H2,20,21,22);1H. The third-order valence-corrected chi connectivity index (χ3v) is 3.50. The summed E-state index contributed by atoms with van der Waals surface area (Å²) in [5.41, 5.74) is 1.59. The minimum atomic E-state index is -0.278. The molecule has 2 rings (SSSR count). The highest BCUT2D eigenvalue weighted by atomic mass is 127. The van der Waals surface area contributed by atoms with Crippen molar-refractivity contribution in [2.45, 2.75) is 19.8 Å². The van der Waals surface area contributed by atoms with Crippen LogP contribution >= 0.6 is 24.0 Å². The van der Waals surface area contributed by atoms with Gasteiger partial charge in [0.15, 0.2) is 5.96 Å². The Morgan fingerprint density at radius 2 is 1.96 bits per heavy atom. The highest BCUT2D eigenvalue weighted by Gasteiger charge is 2.07. The Bertz CT molecular complexity index is 661.